The molecule has 1 amide bonds. The lowest BCUT2D eigenvalue weighted by molar-refractivity contribution is -0.137. The van der Waals surface area contributed by atoms with Crippen LogP contribution in [0.25, 0.3) is 16.2 Å². The number of amides is 1. The lowest BCUT2D eigenvalue weighted by Gasteiger charge is -2.08. The van der Waals surface area contributed by atoms with Crippen LogP contribution in [0.5, 0.6) is 0 Å². The maximum absolute atomic E-state index is 12.9. The predicted molar refractivity (Wildman–Crippen MR) is 99.0 cm³/mol. The molecule has 0 spiro atoms. The van der Waals surface area contributed by atoms with Gasteiger partial charge >= 0.3 is 6.18 Å². The molecule has 0 unspecified atom stereocenters. The molecular formula is C17H12F3N5OS2. The van der Waals surface area contributed by atoms with Gasteiger partial charge in [0, 0.05) is 22.5 Å². The van der Waals surface area contributed by atoms with Crippen molar-refractivity contribution in [2.75, 3.05) is 0 Å². The second kappa shape index (κ2) is 7.32. The van der Waals surface area contributed by atoms with Crippen molar-refractivity contribution >= 4 is 34.2 Å². The minimum atomic E-state index is -4.47. The molecular weight excluding hydrogens is 411 g/mol. The highest BCUT2D eigenvalue weighted by atomic mass is 32.1. The molecule has 144 valence electrons. The molecule has 0 atom stereocenters. The summed E-state index contributed by atoms with van der Waals surface area (Å²) < 4.78 is 39.9. The SMILES string of the molecule is O=C(Cc1csc(-c2ccsc2)n1)NCc1nnc2ccc(C(F)(F)F)cn12. The first kappa shape index (κ1) is 18.6. The molecule has 4 rings (SSSR count). The van der Waals surface area contributed by atoms with Crippen molar-refractivity contribution in [2.45, 2.75) is 19.1 Å². The van der Waals surface area contributed by atoms with E-state index in [-0.39, 0.29) is 30.3 Å². The van der Waals surface area contributed by atoms with E-state index < -0.39 is 11.7 Å². The van der Waals surface area contributed by atoms with Crippen molar-refractivity contribution < 1.29 is 18.0 Å². The van der Waals surface area contributed by atoms with Crippen molar-refractivity contribution in [2.24, 2.45) is 0 Å². The van der Waals surface area contributed by atoms with E-state index >= 15 is 0 Å². The number of carbonyl (C=O) groups is 1. The first-order valence-electron chi connectivity index (χ1n) is 8.05. The lowest BCUT2D eigenvalue weighted by atomic mass is 10.3. The van der Waals surface area contributed by atoms with Crippen LogP contribution >= 0.6 is 22.7 Å². The number of alkyl halides is 3. The number of nitrogens with one attached hydrogen (secondary N) is 1. The Hall–Kier alpha value is -2.79. The smallest absolute Gasteiger partial charge is 0.348 e. The number of fused-ring (bicyclic) bond motifs is 1. The fourth-order valence-corrected chi connectivity index (χ4v) is 4.07. The van der Waals surface area contributed by atoms with Crippen LogP contribution in [-0.4, -0.2) is 25.5 Å². The molecule has 0 saturated heterocycles. The Labute approximate surface area is 164 Å². The van der Waals surface area contributed by atoms with Crippen molar-refractivity contribution in [1.82, 2.24) is 24.9 Å². The number of carbonyl (C=O) groups excluding carboxylic acids is 1. The third-order valence-corrected chi connectivity index (χ3v) is 5.53. The predicted octanol–water partition coefficient (Wildman–Crippen LogP) is 3.79. The monoisotopic (exact) mass is 423 g/mol. The van der Waals surface area contributed by atoms with Gasteiger partial charge in [0.2, 0.25) is 5.91 Å². The summed E-state index contributed by atoms with van der Waals surface area (Å²) in [6, 6.07) is 4.14. The molecule has 0 aliphatic carbocycles. The van der Waals surface area contributed by atoms with Crippen molar-refractivity contribution in [1.29, 1.82) is 0 Å². The second-order valence-corrected chi connectivity index (χ2v) is 7.51. The Kier molecular flexibility index (Phi) is 4.85. The number of aromatic nitrogens is 4. The van der Waals surface area contributed by atoms with Gasteiger partial charge in [0.05, 0.1) is 24.2 Å². The van der Waals surface area contributed by atoms with E-state index in [9.17, 15) is 18.0 Å². The first-order chi connectivity index (χ1) is 13.4. The summed E-state index contributed by atoms with van der Waals surface area (Å²) in [4.78, 5) is 16.6. The molecule has 0 bridgehead atoms. The Morgan fingerprint density at radius 3 is 2.79 bits per heavy atom. The van der Waals surface area contributed by atoms with Gasteiger partial charge in [-0.1, -0.05) is 0 Å². The van der Waals surface area contributed by atoms with Gasteiger partial charge in [0.15, 0.2) is 11.5 Å². The number of thiazole rings is 1. The van der Waals surface area contributed by atoms with Gasteiger partial charge in [-0.25, -0.2) is 4.98 Å². The summed E-state index contributed by atoms with van der Waals surface area (Å²) >= 11 is 3.02. The Morgan fingerprint density at radius 2 is 2.04 bits per heavy atom. The summed E-state index contributed by atoms with van der Waals surface area (Å²) in [5, 5.41) is 16.9. The molecule has 0 radical (unpaired) electrons. The molecule has 11 heteroatoms. The van der Waals surface area contributed by atoms with E-state index in [0.29, 0.717) is 5.69 Å². The minimum absolute atomic E-state index is 0.0389. The Balaban J connectivity index is 1.42. The standard InChI is InChI=1S/C17H12F3N5OS2/c18-17(19,20)11-1-2-13-23-24-14(25(13)7-11)6-21-15(26)5-12-9-28-16(22-12)10-3-4-27-8-10/h1-4,7-9H,5-6H2,(H,21,26). The third-order valence-electron chi connectivity index (χ3n) is 3.91. The normalized spacial score (nSPS) is 11.8. The Morgan fingerprint density at radius 1 is 1.18 bits per heavy atom. The zero-order valence-corrected chi connectivity index (χ0v) is 15.7. The van der Waals surface area contributed by atoms with Gasteiger partial charge < -0.3 is 5.32 Å². The number of nitrogens with zero attached hydrogens (tertiary/aromatic N) is 4. The number of rotatable bonds is 5. The van der Waals surface area contributed by atoms with Crippen LogP contribution in [0.1, 0.15) is 17.1 Å². The summed E-state index contributed by atoms with van der Waals surface area (Å²) in [6.45, 7) is -0.0389. The van der Waals surface area contributed by atoms with E-state index in [2.05, 4.69) is 20.5 Å². The maximum atomic E-state index is 12.9. The van der Waals surface area contributed by atoms with E-state index in [1.165, 1.54) is 21.8 Å². The maximum Gasteiger partial charge on any atom is 0.417 e. The van der Waals surface area contributed by atoms with Crippen LogP contribution in [0.4, 0.5) is 13.2 Å². The topological polar surface area (TPSA) is 72.2 Å². The summed E-state index contributed by atoms with van der Waals surface area (Å²) in [5.74, 6) is -0.0856. The van der Waals surface area contributed by atoms with Crippen LogP contribution in [0.15, 0.2) is 40.5 Å². The number of pyridine rings is 1. The molecule has 0 aliphatic heterocycles. The largest absolute Gasteiger partial charge is 0.417 e. The van der Waals surface area contributed by atoms with Crippen molar-refractivity contribution in [3.63, 3.8) is 0 Å². The van der Waals surface area contributed by atoms with Gasteiger partial charge in [0.1, 0.15) is 5.01 Å². The average Bonchev–Trinajstić information content (AvgIpc) is 3.39. The lowest BCUT2D eigenvalue weighted by Crippen LogP contribution is -2.25. The second-order valence-electron chi connectivity index (χ2n) is 5.87. The number of hydrogen-bond donors (Lipinski definition) is 1. The third kappa shape index (κ3) is 3.90. The first-order valence-corrected chi connectivity index (χ1v) is 9.87. The summed E-state index contributed by atoms with van der Waals surface area (Å²) in [7, 11) is 0. The quantitative estimate of drug-likeness (QED) is 0.530. The zero-order chi connectivity index (χ0) is 19.7. The van der Waals surface area contributed by atoms with Gasteiger partial charge in [-0.3, -0.25) is 9.20 Å². The van der Waals surface area contributed by atoms with Gasteiger partial charge in [-0.15, -0.1) is 21.5 Å². The molecule has 4 aromatic rings. The van der Waals surface area contributed by atoms with Gasteiger partial charge in [-0.05, 0) is 23.6 Å². The number of thiophene rings is 1. The molecule has 4 aromatic heterocycles. The van der Waals surface area contributed by atoms with Gasteiger partial charge in [-0.2, -0.15) is 24.5 Å². The van der Waals surface area contributed by atoms with E-state index in [0.717, 1.165) is 22.8 Å². The number of halogens is 3. The zero-order valence-electron chi connectivity index (χ0n) is 14.1. The summed E-state index contributed by atoms with van der Waals surface area (Å²) in [6.07, 6.45) is -3.47. The van der Waals surface area contributed by atoms with Crippen molar-refractivity contribution in [3.8, 4) is 10.6 Å². The molecule has 6 nitrogen and oxygen atoms in total. The highest BCUT2D eigenvalue weighted by Crippen LogP contribution is 2.29. The summed E-state index contributed by atoms with van der Waals surface area (Å²) in [5.41, 5.74) is 1.11. The Bertz CT molecular complexity index is 1120. The molecule has 0 fully saturated rings. The number of hydrogen-bond acceptors (Lipinski definition) is 6. The van der Waals surface area contributed by atoms with E-state index in [1.54, 1.807) is 11.3 Å². The van der Waals surface area contributed by atoms with E-state index in [4.69, 9.17) is 0 Å². The van der Waals surface area contributed by atoms with Crippen LogP contribution in [-0.2, 0) is 23.9 Å². The van der Waals surface area contributed by atoms with E-state index in [1.807, 2.05) is 22.2 Å². The van der Waals surface area contributed by atoms with Crippen LogP contribution in [0.2, 0.25) is 0 Å². The molecule has 0 saturated carbocycles. The molecule has 28 heavy (non-hydrogen) atoms. The fourth-order valence-electron chi connectivity index (χ4n) is 2.54. The highest BCUT2D eigenvalue weighted by Gasteiger charge is 2.31. The average molecular weight is 423 g/mol. The van der Waals surface area contributed by atoms with Crippen LogP contribution < -0.4 is 5.32 Å². The van der Waals surface area contributed by atoms with Gasteiger partial charge in [0.25, 0.3) is 0 Å². The molecule has 0 aliphatic rings. The van der Waals surface area contributed by atoms with Crippen molar-refractivity contribution in [3.05, 3.63) is 57.6 Å². The minimum Gasteiger partial charge on any atom is -0.348 e. The van der Waals surface area contributed by atoms with Crippen LogP contribution in [0.3, 0.4) is 0 Å². The molecule has 0 aromatic carbocycles. The molecule has 4 heterocycles. The fraction of sp³-hybridized carbons (Fsp3) is 0.176. The molecule has 1 N–H and O–H groups in total. The van der Waals surface area contributed by atoms with Crippen LogP contribution in [0, 0.1) is 0 Å². The highest BCUT2D eigenvalue weighted by molar-refractivity contribution is 7.14.